The maximum absolute atomic E-state index is 10.8. The van der Waals surface area contributed by atoms with Crippen molar-refractivity contribution in [1.82, 2.24) is 4.98 Å². The average molecular weight is 186 g/mol. The van der Waals surface area contributed by atoms with Gasteiger partial charge in [0.2, 0.25) is 5.91 Å². The lowest BCUT2D eigenvalue weighted by Crippen LogP contribution is -2.05. The van der Waals surface area contributed by atoms with Gasteiger partial charge in [0.25, 0.3) is 0 Å². The number of amides is 1. The van der Waals surface area contributed by atoms with Crippen LogP contribution in [-0.2, 0) is 4.79 Å². The van der Waals surface area contributed by atoms with Crippen molar-refractivity contribution in [3.8, 4) is 11.8 Å². The Bertz CT molecular complexity index is 413. The maximum Gasteiger partial charge on any atom is 0.221 e. The Kier molecular flexibility index (Phi) is 3.45. The van der Waals surface area contributed by atoms with Crippen molar-refractivity contribution in [1.29, 1.82) is 0 Å². The second-order valence-electron chi connectivity index (χ2n) is 2.58. The number of carbonyl (C=O) groups is 1. The standard InChI is InChI=1S/C11H10N2O/c1-3-4-5-10-8-11(6-7-12-10)13-9(2)14/h3,6-8H,1H2,2H3,(H,12,13,14). The van der Waals surface area contributed by atoms with E-state index in [0.717, 1.165) is 0 Å². The van der Waals surface area contributed by atoms with Crippen LogP contribution in [0.5, 0.6) is 0 Å². The minimum Gasteiger partial charge on any atom is -0.326 e. The third-order valence-corrected chi connectivity index (χ3v) is 1.38. The highest BCUT2D eigenvalue weighted by molar-refractivity contribution is 5.88. The second-order valence-corrected chi connectivity index (χ2v) is 2.58. The first kappa shape index (κ1) is 10.0. The molecule has 0 aromatic carbocycles. The zero-order valence-corrected chi connectivity index (χ0v) is 7.87. The average Bonchev–Trinajstić information content (AvgIpc) is 2.14. The number of hydrogen-bond acceptors (Lipinski definition) is 2. The van der Waals surface area contributed by atoms with E-state index in [2.05, 4.69) is 28.7 Å². The van der Waals surface area contributed by atoms with Crippen molar-refractivity contribution in [2.45, 2.75) is 6.92 Å². The van der Waals surface area contributed by atoms with Crippen molar-refractivity contribution >= 4 is 11.6 Å². The molecule has 0 saturated heterocycles. The largest absolute Gasteiger partial charge is 0.326 e. The molecule has 0 atom stereocenters. The third kappa shape index (κ3) is 3.11. The summed E-state index contributed by atoms with van der Waals surface area (Å²) in [5, 5.41) is 2.65. The molecule has 0 fully saturated rings. The van der Waals surface area contributed by atoms with Crippen LogP contribution in [0.3, 0.4) is 0 Å². The molecular weight excluding hydrogens is 176 g/mol. The van der Waals surface area contributed by atoms with Crippen molar-refractivity contribution in [2.75, 3.05) is 5.32 Å². The van der Waals surface area contributed by atoms with Crippen LogP contribution in [0.1, 0.15) is 12.6 Å². The molecule has 1 aromatic rings. The van der Waals surface area contributed by atoms with Crippen LogP contribution >= 0.6 is 0 Å². The topological polar surface area (TPSA) is 42.0 Å². The summed E-state index contributed by atoms with van der Waals surface area (Å²) in [5.41, 5.74) is 1.30. The predicted octanol–water partition coefficient (Wildman–Crippen LogP) is 1.58. The zero-order valence-electron chi connectivity index (χ0n) is 7.87. The Morgan fingerprint density at radius 2 is 2.50 bits per heavy atom. The first-order valence-corrected chi connectivity index (χ1v) is 4.08. The summed E-state index contributed by atoms with van der Waals surface area (Å²) in [6.07, 6.45) is 3.09. The van der Waals surface area contributed by atoms with Gasteiger partial charge in [-0.15, -0.1) is 0 Å². The number of pyridine rings is 1. The van der Waals surface area contributed by atoms with Crippen molar-refractivity contribution < 1.29 is 4.79 Å². The van der Waals surface area contributed by atoms with Gasteiger partial charge in [-0.2, -0.15) is 0 Å². The molecule has 70 valence electrons. The molecule has 0 radical (unpaired) electrons. The van der Waals surface area contributed by atoms with Gasteiger partial charge in [0.15, 0.2) is 0 Å². The Balaban J connectivity index is 2.89. The highest BCUT2D eigenvalue weighted by atomic mass is 16.1. The molecule has 0 spiro atoms. The minimum absolute atomic E-state index is 0.112. The lowest BCUT2D eigenvalue weighted by molar-refractivity contribution is -0.114. The van der Waals surface area contributed by atoms with Gasteiger partial charge in [-0.3, -0.25) is 4.79 Å². The van der Waals surface area contributed by atoms with Crippen molar-refractivity contribution in [2.24, 2.45) is 0 Å². The van der Waals surface area contributed by atoms with Gasteiger partial charge in [-0.1, -0.05) is 12.5 Å². The monoisotopic (exact) mass is 186 g/mol. The van der Waals surface area contributed by atoms with E-state index < -0.39 is 0 Å². The van der Waals surface area contributed by atoms with Gasteiger partial charge in [0.1, 0.15) is 5.69 Å². The molecule has 1 amide bonds. The summed E-state index contributed by atoms with van der Waals surface area (Å²) in [6.45, 7) is 4.93. The van der Waals surface area contributed by atoms with Gasteiger partial charge >= 0.3 is 0 Å². The van der Waals surface area contributed by atoms with Gasteiger partial charge in [0, 0.05) is 18.8 Å². The molecule has 3 nitrogen and oxygen atoms in total. The summed E-state index contributed by atoms with van der Waals surface area (Å²) in [4.78, 5) is 14.8. The van der Waals surface area contributed by atoms with E-state index in [1.807, 2.05) is 0 Å². The summed E-state index contributed by atoms with van der Waals surface area (Å²) in [6, 6.07) is 3.42. The van der Waals surface area contributed by atoms with Crippen LogP contribution in [0.4, 0.5) is 5.69 Å². The van der Waals surface area contributed by atoms with E-state index in [9.17, 15) is 4.79 Å². The Hall–Kier alpha value is -2.08. The molecule has 1 rings (SSSR count). The normalized spacial score (nSPS) is 8.36. The van der Waals surface area contributed by atoms with Crippen LogP contribution in [0.25, 0.3) is 0 Å². The zero-order chi connectivity index (χ0) is 10.4. The molecule has 0 unspecified atom stereocenters. The van der Waals surface area contributed by atoms with Gasteiger partial charge in [0.05, 0.1) is 0 Å². The van der Waals surface area contributed by atoms with Gasteiger partial charge < -0.3 is 5.32 Å². The van der Waals surface area contributed by atoms with Crippen LogP contribution in [0, 0.1) is 11.8 Å². The summed E-state index contributed by atoms with van der Waals surface area (Å²) < 4.78 is 0. The van der Waals surface area contributed by atoms with E-state index >= 15 is 0 Å². The van der Waals surface area contributed by atoms with Crippen LogP contribution < -0.4 is 5.32 Å². The van der Waals surface area contributed by atoms with E-state index in [-0.39, 0.29) is 5.91 Å². The van der Waals surface area contributed by atoms with Crippen LogP contribution in [0.15, 0.2) is 31.0 Å². The van der Waals surface area contributed by atoms with Crippen LogP contribution in [0.2, 0.25) is 0 Å². The fourth-order valence-electron chi connectivity index (χ4n) is 0.905. The molecule has 0 saturated carbocycles. The SMILES string of the molecule is C=CC#Cc1cc(NC(C)=O)ccn1. The number of nitrogens with zero attached hydrogens (tertiary/aromatic N) is 1. The summed E-state index contributed by atoms with van der Waals surface area (Å²) >= 11 is 0. The first-order valence-electron chi connectivity index (χ1n) is 4.08. The Morgan fingerprint density at radius 1 is 1.71 bits per heavy atom. The Labute approximate surface area is 82.9 Å². The number of allylic oxidation sites excluding steroid dienone is 1. The summed E-state index contributed by atoms with van der Waals surface area (Å²) in [7, 11) is 0. The molecule has 0 aliphatic rings. The van der Waals surface area contributed by atoms with E-state index in [4.69, 9.17) is 0 Å². The van der Waals surface area contributed by atoms with Crippen molar-refractivity contribution in [3.63, 3.8) is 0 Å². The van der Waals surface area contributed by atoms with Gasteiger partial charge in [-0.25, -0.2) is 4.98 Å². The molecule has 1 N–H and O–H groups in total. The lowest BCUT2D eigenvalue weighted by atomic mass is 10.3. The maximum atomic E-state index is 10.8. The fraction of sp³-hybridized carbons (Fsp3) is 0.0909. The molecule has 3 heteroatoms. The molecule has 1 aromatic heterocycles. The molecule has 0 bridgehead atoms. The number of rotatable bonds is 1. The Morgan fingerprint density at radius 3 is 3.14 bits per heavy atom. The van der Waals surface area contributed by atoms with E-state index in [1.54, 1.807) is 18.3 Å². The molecular formula is C11H10N2O. The highest BCUT2D eigenvalue weighted by Crippen LogP contribution is 2.06. The highest BCUT2D eigenvalue weighted by Gasteiger charge is 1.95. The van der Waals surface area contributed by atoms with Gasteiger partial charge in [-0.05, 0) is 24.1 Å². The predicted molar refractivity (Wildman–Crippen MR) is 55.6 cm³/mol. The fourth-order valence-corrected chi connectivity index (χ4v) is 0.905. The second kappa shape index (κ2) is 4.83. The lowest BCUT2D eigenvalue weighted by Gasteiger charge is -2.00. The minimum atomic E-state index is -0.112. The number of carbonyl (C=O) groups excluding carboxylic acids is 1. The molecule has 14 heavy (non-hydrogen) atoms. The molecule has 1 heterocycles. The number of anilines is 1. The molecule has 0 aliphatic heterocycles. The quantitative estimate of drug-likeness (QED) is 0.676. The van der Waals surface area contributed by atoms with E-state index in [1.165, 1.54) is 13.0 Å². The smallest absolute Gasteiger partial charge is 0.221 e. The number of hydrogen-bond donors (Lipinski definition) is 1. The third-order valence-electron chi connectivity index (χ3n) is 1.38. The van der Waals surface area contributed by atoms with E-state index in [0.29, 0.717) is 11.4 Å². The van der Waals surface area contributed by atoms with Crippen molar-refractivity contribution in [3.05, 3.63) is 36.7 Å². The number of nitrogens with one attached hydrogen (secondary N) is 1. The summed E-state index contributed by atoms with van der Waals surface area (Å²) in [5.74, 6) is 5.35. The first-order chi connectivity index (χ1) is 6.72. The van der Waals surface area contributed by atoms with Crippen LogP contribution in [-0.4, -0.2) is 10.9 Å². The number of aromatic nitrogens is 1. The molecule has 0 aliphatic carbocycles.